The summed E-state index contributed by atoms with van der Waals surface area (Å²) in [6, 6.07) is 26.3. The average Bonchev–Trinajstić information content (AvgIpc) is 3.44. The van der Waals surface area contributed by atoms with E-state index in [-0.39, 0.29) is 24.7 Å². The number of anilines is 1. The molecular formula is C36H35F3N6O2. The molecule has 3 aromatic carbocycles. The Hall–Kier alpha value is -5.19. The van der Waals surface area contributed by atoms with Crippen molar-refractivity contribution in [3.63, 3.8) is 0 Å². The minimum atomic E-state index is -4.50. The summed E-state index contributed by atoms with van der Waals surface area (Å²) in [6.45, 7) is 3.14. The van der Waals surface area contributed by atoms with Crippen LogP contribution in [0, 0.1) is 0 Å². The number of rotatable bonds is 8. The molecule has 2 aromatic heterocycles. The van der Waals surface area contributed by atoms with E-state index in [0.717, 1.165) is 29.1 Å². The van der Waals surface area contributed by atoms with Gasteiger partial charge in [0.2, 0.25) is 5.95 Å². The number of alkyl halides is 3. The third-order valence-electron chi connectivity index (χ3n) is 8.46. The van der Waals surface area contributed by atoms with Crippen LogP contribution in [0.3, 0.4) is 0 Å². The molecule has 0 unspecified atom stereocenters. The molecule has 242 valence electrons. The molecule has 1 saturated heterocycles. The highest BCUT2D eigenvalue weighted by Gasteiger charge is 2.33. The first kappa shape index (κ1) is 31.8. The number of aromatic nitrogens is 4. The standard InChI is InChI=1S/C36H35F3N6O2/c1-24(26-12-7-4-8-13-26)41-34-40-19-16-30(42-34)32-31(28-14-9-15-29(22-28)36(37,38)39)43-33(44(32)2)27-17-20-45(21-18-27)35(46)47-23-25-10-5-3-6-11-25/h3-16,19,22,24,27H,17-18,20-21,23H2,1-2H3,(H,40,41,42)/t24-/m1/s1. The van der Waals surface area contributed by atoms with Crippen LogP contribution in [0.25, 0.3) is 22.6 Å². The maximum Gasteiger partial charge on any atom is 0.416 e. The van der Waals surface area contributed by atoms with Crippen LogP contribution in [-0.4, -0.2) is 43.6 Å². The van der Waals surface area contributed by atoms with Gasteiger partial charge < -0.3 is 19.5 Å². The number of piperidine rings is 1. The summed E-state index contributed by atoms with van der Waals surface area (Å²) in [4.78, 5) is 28.7. The predicted octanol–water partition coefficient (Wildman–Crippen LogP) is 8.25. The Kier molecular flexibility index (Phi) is 9.24. The van der Waals surface area contributed by atoms with E-state index in [1.54, 1.807) is 23.2 Å². The number of hydrogen-bond donors (Lipinski definition) is 1. The van der Waals surface area contributed by atoms with Crippen LogP contribution < -0.4 is 5.32 Å². The lowest BCUT2D eigenvalue weighted by atomic mass is 9.96. The van der Waals surface area contributed by atoms with Gasteiger partial charge in [-0.2, -0.15) is 13.2 Å². The molecule has 6 rings (SSSR count). The first-order valence-corrected chi connectivity index (χ1v) is 15.5. The largest absolute Gasteiger partial charge is 0.445 e. The molecule has 8 nitrogen and oxygen atoms in total. The number of nitrogens with one attached hydrogen (secondary N) is 1. The quantitative estimate of drug-likeness (QED) is 0.184. The lowest BCUT2D eigenvalue weighted by Gasteiger charge is -2.31. The fourth-order valence-corrected chi connectivity index (χ4v) is 5.93. The Morgan fingerprint density at radius 2 is 1.66 bits per heavy atom. The molecule has 1 aliphatic rings. The molecule has 0 radical (unpaired) electrons. The van der Waals surface area contributed by atoms with Crippen LogP contribution in [0.4, 0.5) is 23.9 Å². The number of likely N-dealkylation sites (tertiary alicyclic amines) is 1. The minimum Gasteiger partial charge on any atom is -0.445 e. The van der Waals surface area contributed by atoms with Gasteiger partial charge in [-0.3, -0.25) is 0 Å². The van der Waals surface area contributed by atoms with Crippen LogP contribution >= 0.6 is 0 Å². The number of hydrogen-bond acceptors (Lipinski definition) is 6. The van der Waals surface area contributed by atoms with Crippen molar-refractivity contribution in [1.29, 1.82) is 0 Å². The van der Waals surface area contributed by atoms with E-state index in [4.69, 9.17) is 14.7 Å². The second-order valence-corrected chi connectivity index (χ2v) is 11.6. The number of carbonyl (C=O) groups is 1. The van der Waals surface area contributed by atoms with Gasteiger partial charge in [-0.15, -0.1) is 0 Å². The fraction of sp³-hybridized carbons (Fsp3) is 0.278. The number of carbonyl (C=O) groups excluding carboxylic acids is 1. The van der Waals surface area contributed by atoms with Crippen LogP contribution in [0.2, 0.25) is 0 Å². The highest BCUT2D eigenvalue weighted by molar-refractivity contribution is 5.78. The molecule has 47 heavy (non-hydrogen) atoms. The Morgan fingerprint density at radius 1 is 0.957 bits per heavy atom. The smallest absolute Gasteiger partial charge is 0.416 e. The average molecular weight is 641 g/mol. The fourth-order valence-electron chi connectivity index (χ4n) is 5.93. The summed E-state index contributed by atoms with van der Waals surface area (Å²) in [5.74, 6) is 1.07. The van der Waals surface area contributed by atoms with Gasteiger partial charge >= 0.3 is 12.3 Å². The third kappa shape index (κ3) is 7.29. The Bertz CT molecular complexity index is 1820. The van der Waals surface area contributed by atoms with Crippen molar-refractivity contribution < 1.29 is 22.7 Å². The van der Waals surface area contributed by atoms with Gasteiger partial charge in [-0.25, -0.2) is 19.7 Å². The Balaban J connectivity index is 1.28. The highest BCUT2D eigenvalue weighted by atomic mass is 19.4. The molecule has 1 aliphatic heterocycles. The van der Waals surface area contributed by atoms with Gasteiger partial charge in [0.05, 0.1) is 28.7 Å². The molecule has 11 heteroatoms. The Morgan fingerprint density at radius 3 is 2.36 bits per heavy atom. The summed E-state index contributed by atoms with van der Waals surface area (Å²) in [5, 5.41) is 3.33. The summed E-state index contributed by atoms with van der Waals surface area (Å²) >= 11 is 0. The zero-order valence-electron chi connectivity index (χ0n) is 26.1. The van der Waals surface area contributed by atoms with E-state index < -0.39 is 11.7 Å². The van der Waals surface area contributed by atoms with E-state index in [0.29, 0.717) is 54.5 Å². The zero-order chi connectivity index (χ0) is 33.0. The molecule has 3 heterocycles. The highest BCUT2D eigenvalue weighted by Crippen LogP contribution is 2.39. The lowest BCUT2D eigenvalue weighted by Crippen LogP contribution is -2.38. The van der Waals surface area contributed by atoms with Crippen molar-refractivity contribution in [2.75, 3.05) is 18.4 Å². The molecule has 5 aromatic rings. The molecule has 1 N–H and O–H groups in total. The van der Waals surface area contributed by atoms with E-state index >= 15 is 0 Å². The van der Waals surface area contributed by atoms with Crippen LogP contribution in [0.15, 0.2) is 97.2 Å². The molecule has 1 fully saturated rings. The Labute approximate surface area is 271 Å². The van der Waals surface area contributed by atoms with Gasteiger partial charge in [0.1, 0.15) is 12.4 Å². The van der Waals surface area contributed by atoms with Gasteiger partial charge in [-0.1, -0.05) is 72.8 Å². The number of benzene rings is 3. The zero-order valence-corrected chi connectivity index (χ0v) is 26.1. The monoisotopic (exact) mass is 640 g/mol. The van der Waals surface area contributed by atoms with E-state index in [2.05, 4.69) is 10.3 Å². The van der Waals surface area contributed by atoms with Crippen molar-refractivity contribution in [3.05, 3.63) is 120 Å². The van der Waals surface area contributed by atoms with Gasteiger partial charge in [0.25, 0.3) is 0 Å². The van der Waals surface area contributed by atoms with Gasteiger partial charge in [-0.05, 0) is 49.1 Å². The molecule has 0 spiro atoms. The minimum absolute atomic E-state index is 0.0333. The van der Waals surface area contributed by atoms with Crippen molar-refractivity contribution >= 4 is 12.0 Å². The molecule has 1 amide bonds. The summed E-state index contributed by atoms with van der Waals surface area (Å²) in [7, 11) is 1.86. The molecule has 1 atom stereocenters. The van der Waals surface area contributed by atoms with Crippen LogP contribution in [0.1, 0.15) is 54.2 Å². The first-order chi connectivity index (χ1) is 22.7. The lowest BCUT2D eigenvalue weighted by molar-refractivity contribution is -0.137. The molecule has 0 bridgehead atoms. The number of nitrogens with zero attached hydrogens (tertiary/aromatic N) is 5. The van der Waals surface area contributed by atoms with Crippen molar-refractivity contribution in [2.24, 2.45) is 7.05 Å². The molecule has 0 aliphatic carbocycles. The maximum atomic E-state index is 13.8. The van der Waals surface area contributed by atoms with E-state index in [1.807, 2.05) is 79.2 Å². The van der Waals surface area contributed by atoms with Crippen molar-refractivity contribution in [3.8, 4) is 22.6 Å². The van der Waals surface area contributed by atoms with E-state index in [1.165, 1.54) is 6.07 Å². The first-order valence-electron chi connectivity index (χ1n) is 15.5. The summed E-state index contributed by atoms with van der Waals surface area (Å²) in [6.07, 6.45) is -2.00. The van der Waals surface area contributed by atoms with E-state index in [9.17, 15) is 18.0 Å². The second-order valence-electron chi connectivity index (χ2n) is 11.6. The number of amides is 1. The summed E-state index contributed by atoms with van der Waals surface area (Å²) in [5.41, 5.74) is 3.07. The van der Waals surface area contributed by atoms with Gasteiger partial charge in [0.15, 0.2) is 0 Å². The predicted molar refractivity (Wildman–Crippen MR) is 173 cm³/mol. The molecule has 0 saturated carbocycles. The van der Waals surface area contributed by atoms with Crippen molar-refractivity contribution in [2.45, 2.75) is 44.5 Å². The van der Waals surface area contributed by atoms with Crippen LogP contribution in [-0.2, 0) is 24.6 Å². The van der Waals surface area contributed by atoms with Crippen molar-refractivity contribution in [1.82, 2.24) is 24.4 Å². The number of halogens is 3. The SMILES string of the molecule is C[C@@H](Nc1nccc(-c2c(-c3cccc(C(F)(F)F)c3)nc(C3CCN(C(=O)OCc4ccccc4)CC3)n2C)n1)c1ccccc1. The number of imidazole rings is 1. The van der Waals surface area contributed by atoms with Gasteiger partial charge in [0, 0.05) is 37.8 Å². The maximum absolute atomic E-state index is 13.8. The topological polar surface area (TPSA) is 85.2 Å². The van der Waals surface area contributed by atoms with Crippen LogP contribution in [0.5, 0.6) is 0 Å². The normalized spacial score (nSPS) is 14.5. The second kappa shape index (κ2) is 13.7. The molecular weight excluding hydrogens is 605 g/mol. The third-order valence-corrected chi connectivity index (χ3v) is 8.46. The number of ether oxygens (including phenoxy) is 1. The summed E-state index contributed by atoms with van der Waals surface area (Å²) < 4.78 is 48.7.